The highest BCUT2D eigenvalue weighted by Crippen LogP contribution is 2.37. The van der Waals surface area contributed by atoms with Crippen LogP contribution in [0.2, 0.25) is 5.02 Å². The fraction of sp³-hybridized carbons (Fsp3) is 0.476. The zero-order chi connectivity index (χ0) is 18.6. The minimum atomic E-state index is 0.174. The van der Waals surface area contributed by atoms with Crippen molar-refractivity contribution < 1.29 is 4.79 Å². The normalized spacial score (nSPS) is 23.3. The predicted octanol–water partition coefficient (Wildman–Crippen LogP) is 3.75. The van der Waals surface area contributed by atoms with Gasteiger partial charge in [-0.2, -0.15) is 0 Å². The van der Waals surface area contributed by atoms with Gasteiger partial charge in [-0.05, 0) is 55.4 Å². The largest absolute Gasteiger partial charge is 0.339 e. The first-order chi connectivity index (χ1) is 13.2. The van der Waals surface area contributed by atoms with Crippen LogP contribution in [-0.2, 0) is 4.79 Å². The van der Waals surface area contributed by atoms with Gasteiger partial charge in [0.1, 0.15) is 0 Å². The lowest BCUT2D eigenvalue weighted by Gasteiger charge is -2.38. The molecule has 1 saturated carbocycles. The zero-order valence-electron chi connectivity index (χ0n) is 15.4. The molecule has 2 heterocycles. The maximum atomic E-state index is 12.9. The highest BCUT2D eigenvalue weighted by molar-refractivity contribution is 6.30. The Labute approximate surface area is 165 Å². The van der Waals surface area contributed by atoms with Gasteiger partial charge in [-0.3, -0.25) is 4.79 Å². The van der Waals surface area contributed by atoms with Crippen molar-refractivity contribution in [3.8, 4) is 0 Å². The zero-order valence-corrected chi connectivity index (χ0v) is 16.2. The monoisotopic (exact) mass is 384 g/mol. The van der Waals surface area contributed by atoms with E-state index in [1.54, 1.807) is 12.4 Å². The third kappa shape index (κ3) is 4.24. The minimum absolute atomic E-state index is 0.174. The molecule has 0 radical (unpaired) electrons. The molecule has 6 heteroatoms. The van der Waals surface area contributed by atoms with Crippen LogP contribution in [0.3, 0.4) is 0 Å². The molecule has 5 nitrogen and oxygen atoms in total. The molecule has 142 valence electrons. The molecule has 1 aliphatic carbocycles. The number of hydrogen-bond donors (Lipinski definition) is 0. The van der Waals surface area contributed by atoms with E-state index in [9.17, 15) is 4.79 Å². The molecule has 1 saturated heterocycles. The summed E-state index contributed by atoms with van der Waals surface area (Å²) in [4.78, 5) is 25.7. The number of hydrogen-bond acceptors (Lipinski definition) is 4. The van der Waals surface area contributed by atoms with Gasteiger partial charge in [-0.25, -0.2) is 9.97 Å². The Kier molecular flexibility index (Phi) is 5.58. The van der Waals surface area contributed by atoms with Crippen molar-refractivity contribution in [2.24, 2.45) is 5.92 Å². The molecule has 4 rings (SSSR count). The molecule has 1 aromatic carbocycles. The number of aromatic nitrogens is 2. The smallest absolute Gasteiger partial charge is 0.225 e. The molecule has 0 unspecified atom stereocenters. The average Bonchev–Trinajstić information content (AvgIpc) is 2.75. The lowest BCUT2D eigenvalue weighted by Crippen LogP contribution is -2.51. The second-order valence-corrected chi connectivity index (χ2v) is 7.90. The second kappa shape index (κ2) is 8.26. The fourth-order valence-electron chi connectivity index (χ4n) is 4.25. The quantitative estimate of drug-likeness (QED) is 0.808. The van der Waals surface area contributed by atoms with Crippen molar-refractivity contribution in [3.63, 3.8) is 0 Å². The van der Waals surface area contributed by atoms with Crippen LogP contribution in [0.25, 0.3) is 0 Å². The summed E-state index contributed by atoms with van der Waals surface area (Å²) in [7, 11) is 0. The molecule has 0 bridgehead atoms. The Morgan fingerprint density at radius 2 is 1.56 bits per heavy atom. The van der Waals surface area contributed by atoms with E-state index in [0.717, 1.165) is 62.8 Å². The summed E-state index contributed by atoms with van der Waals surface area (Å²) in [5, 5.41) is 0.780. The fourth-order valence-corrected chi connectivity index (χ4v) is 4.37. The van der Waals surface area contributed by atoms with Crippen molar-refractivity contribution in [2.75, 3.05) is 31.1 Å². The molecule has 2 fully saturated rings. The van der Waals surface area contributed by atoms with Gasteiger partial charge < -0.3 is 9.80 Å². The lowest BCUT2D eigenvalue weighted by molar-refractivity contribution is -0.137. The van der Waals surface area contributed by atoms with Crippen LogP contribution < -0.4 is 4.90 Å². The van der Waals surface area contributed by atoms with Crippen LogP contribution in [0.15, 0.2) is 42.7 Å². The number of piperazine rings is 1. The van der Waals surface area contributed by atoms with Crippen molar-refractivity contribution >= 4 is 23.5 Å². The van der Waals surface area contributed by atoms with Gasteiger partial charge in [0.15, 0.2) is 0 Å². The maximum absolute atomic E-state index is 12.9. The first-order valence-electron chi connectivity index (χ1n) is 9.77. The number of rotatable bonds is 3. The Bertz CT molecular complexity index is 752. The van der Waals surface area contributed by atoms with Gasteiger partial charge in [0.05, 0.1) is 0 Å². The van der Waals surface area contributed by atoms with Crippen molar-refractivity contribution in [3.05, 3.63) is 53.3 Å². The predicted molar refractivity (Wildman–Crippen MR) is 107 cm³/mol. The van der Waals surface area contributed by atoms with E-state index < -0.39 is 0 Å². The molecular weight excluding hydrogens is 360 g/mol. The highest BCUT2D eigenvalue weighted by atomic mass is 35.5. The molecule has 1 amide bonds. The van der Waals surface area contributed by atoms with Crippen LogP contribution in [0.5, 0.6) is 0 Å². The van der Waals surface area contributed by atoms with Crippen LogP contribution in [0.4, 0.5) is 5.95 Å². The third-order valence-electron chi connectivity index (χ3n) is 5.84. The van der Waals surface area contributed by atoms with Crippen LogP contribution >= 0.6 is 11.6 Å². The van der Waals surface area contributed by atoms with Crippen molar-refractivity contribution in [2.45, 2.75) is 31.6 Å². The molecule has 0 N–H and O–H groups in total. The van der Waals surface area contributed by atoms with Crippen LogP contribution in [0.1, 0.15) is 37.2 Å². The second-order valence-electron chi connectivity index (χ2n) is 7.46. The van der Waals surface area contributed by atoms with Crippen LogP contribution in [0, 0.1) is 5.92 Å². The summed E-state index contributed by atoms with van der Waals surface area (Å²) in [5.74, 6) is 1.82. The Hall–Kier alpha value is -2.14. The summed E-state index contributed by atoms with van der Waals surface area (Å²) in [5.41, 5.74) is 1.35. The topological polar surface area (TPSA) is 49.3 Å². The first kappa shape index (κ1) is 18.2. The molecule has 2 aliphatic rings. The Morgan fingerprint density at radius 3 is 2.19 bits per heavy atom. The number of benzene rings is 1. The number of carbonyl (C=O) groups excluding carboxylic acids is 1. The molecule has 27 heavy (non-hydrogen) atoms. The standard InChI is InChI=1S/C21H25ClN4O/c22-19-8-6-17(7-9-19)16-2-4-18(5-3-16)20(27)25-12-14-26(15-13-25)21-23-10-1-11-24-21/h1,6-11,16,18H,2-5,12-15H2. The molecule has 0 atom stereocenters. The molecule has 0 spiro atoms. The number of anilines is 1. The van der Waals surface area contributed by atoms with E-state index >= 15 is 0 Å². The van der Waals surface area contributed by atoms with Crippen molar-refractivity contribution in [1.82, 2.24) is 14.9 Å². The van der Waals surface area contributed by atoms with E-state index in [1.807, 2.05) is 23.1 Å². The molecule has 2 aromatic rings. The SMILES string of the molecule is O=C(C1CCC(c2ccc(Cl)cc2)CC1)N1CCN(c2ncccn2)CC1. The van der Waals surface area contributed by atoms with E-state index in [0.29, 0.717) is 11.8 Å². The number of nitrogens with zero attached hydrogens (tertiary/aromatic N) is 4. The summed E-state index contributed by atoms with van der Waals surface area (Å²) in [6.45, 7) is 3.12. The van der Waals surface area contributed by atoms with Crippen molar-refractivity contribution in [1.29, 1.82) is 0 Å². The Balaban J connectivity index is 1.28. The summed E-state index contributed by atoms with van der Waals surface area (Å²) < 4.78 is 0. The Morgan fingerprint density at radius 1 is 0.926 bits per heavy atom. The third-order valence-corrected chi connectivity index (χ3v) is 6.10. The van der Waals surface area contributed by atoms with E-state index in [-0.39, 0.29) is 5.92 Å². The molecule has 1 aromatic heterocycles. The van der Waals surface area contributed by atoms with E-state index in [1.165, 1.54) is 5.56 Å². The number of amides is 1. The van der Waals surface area contributed by atoms with Gasteiger partial charge in [0, 0.05) is 49.5 Å². The van der Waals surface area contributed by atoms with E-state index in [4.69, 9.17) is 11.6 Å². The first-order valence-corrected chi connectivity index (χ1v) is 10.1. The van der Waals surface area contributed by atoms with E-state index in [2.05, 4.69) is 27.0 Å². The van der Waals surface area contributed by atoms with Gasteiger partial charge in [0.25, 0.3) is 0 Å². The van der Waals surface area contributed by atoms with Gasteiger partial charge in [0.2, 0.25) is 11.9 Å². The highest BCUT2D eigenvalue weighted by Gasteiger charge is 2.31. The van der Waals surface area contributed by atoms with Crippen LogP contribution in [-0.4, -0.2) is 47.0 Å². The van der Waals surface area contributed by atoms with Gasteiger partial charge in [-0.15, -0.1) is 0 Å². The molecular formula is C21H25ClN4O. The molecule has 1 aliphatic heterocycles. The minimum Gasteiger partial charge on any atom is -0.339 e. The summed E-state index contributed by atoms with van der Waals surface area (Å²) >= 11 is 5.99. The summed E-state index contributed by atoms with van der Waals surface area (Å²) in [6, 6.07) is 10.00. The average molecular weight is 385 g/mol. The van der Waals surface area contributed by atoms with Gasteiger partial charge in [-0.1, -0.05) is 23.7 Å². The van der Waals surface area contributed by atoms with Gasteiger partial charge >= 0.3 is 0 Å². The lowest BCUT2D eigenvalue weighted by atomic mass is 9.78. The maximum Gasteiger partial charge on any atom is 0.225 e. The number of carbonyl (C=O) groups is 1. The summed E-state index contributed by atoms with van der Waals surface area (Å²) in [6.07, 6.45) is 7.64. The number of halogens is 1.